The maximum absolute atomic E-state index is 5.92. The molecule has 2 heterocycles. The first kappa shape index (κ1) is 13.3. The lowest BCUT2D eigenvalue weighted by Crippen LogP contribution is -2.06. The van der Waals surface area contributed by atoms with Crippen molar-refractivity contribution in [3.8, 4) is 0 Å². The first-order valence-corrected chi connectivity index (χ1v) is 6.84. The van der Waals surface area contributed by atoms with Crippen LogP contribution in [-0.4, -0.2) is 27.7 Å². The third-order valence-electron chi connectivity index (χ3n) is 2.72. The van der Waals surface area contributed by atoms with E-state index in [1.54, 1.807) is 6.20 Å². The average Bonchev–Trinajstić information content (AvgIpc) is 2.77. The smallest absolute Gasteiger partial charge is 0.160 e. The minimum Gasteiger partial charge on any atom is -0.381 e. The fourth-order valence-corrected chi connectivity index (χ4v) is 2.12. The molecule has 0 fully saturated rings. The SMILES string of the molecule is CCCOCCCn1c(CCl)nc2cccnc21. The number of rotatable bonds is 7. The molecule has 0 radical (unpaired) electrons. The third-order valence-corrected chi connectivity index (χ3v) is 2.96. The van der Waals surface area contributed by atoms with Crippen molar-refractivity contribution < 1.29 is 4.74 Å². The van der Waals surface area contributed by atoms with Crippen LogP contribution in [0.25, 0.3) is 11.2 Å². The Hall–Kier alpha value is -1.13. The van der Waals surface area contributed by atoms with Gasteiger partial charge in [0, 0.05) is 26.0 Å². The molecule has 0 saturated heterocycles. The Labute approximate surface area is 112 Å². The van der Waals surface area contributed by atoms with Gasteiger partial charge in [-0.15, -0.1) is 11.6 Å². The van der Waals surface area contributed by atoms with Crippen LogP contribution in [0.5, 0.6) is 0 Å². The molecule has 0 amide bonds. The number of nitrogens with zero attached hydrogens (tertiary/aromatic N) is 3. The molecule has 0 spiro atoms. The minimum atomic E-state index is 0.409. The monoisotopic (exact) mass is 267 g/mol. The third kappa shape index (κ3) is 3.00. The first-order chi connectivity index (χ1) is 8.86. The molecule has 98 valence electrons. The van der Waals surface area contributed by atoms with E-state index in [4.69, 9.17) is 16.3 Å². The van der Waals surface area contributed by atoms with Crippen LogP contribution >= 0.6 is 11.6 Å². The molecule has 5 heteroatoms. The largest absolute Gasteiger partial charge is 0.381 e. The van der Waals surface area contributed by atoms with Gasteiger partial charge >= 0.3 is 0 Å². The van der Waals surface area contributed by atoms with Crippen LogP contribution in [0.4, 0.5) is 0 Å². The van der Waals surface area contributed by atoms with Crippen LogP contribution < -0.4 is 0 Å². The van der Waals surface area contributed by atoms with Gasteiger partial charge in [0.25, 0.3) is 0 Å². The summed E-state index contributed by atoms with van der Waals surface area (Å²) < 4.78 is 7.56. The number of pyridine rings is 1. The van der Waals surface area contributed by atoms with Gasteiger partial charge in [0.15, 0.2) is 5.65 Å². The summed E-state index contributed by atoms with van der Waals surface area (Å²) in [5.41, 5.74) is 1.81. The van der Waals surface area contributed by atoms with Crippen molar-refractivity contribution >= 4 is 22.8 Å². The van der Waals surface area contributed by atoms with Crippen molar-refractivity contribution in [3.05, 3.63) is 24.2 Å². The van der Waals surface area contributed by atoms with E-state index in [0.29, 0.717) is 5.88 Å². The standard InChI is InChI=1S/C13H18ClN3O/c1-2-8-18-9-4-7-17-12(10-14)16-11-5-3-6-15-13(11)17/h3,5-6H,2,4,7-10H2,1H3. The number of aryl methyl sites for hydroxylation is 1. The number of hydrogen-bond acceptors (Lipinski definition) is 3. The van der Waals surface area contributed by atoms with E-state index in [1.807, 2.05) is 12.1 Å². The van der Waals surface area contributed by atoms with Crippen molar-refractivity contribution in [2.24, 2.45) is 0 Å². The van der Waals surface area contributed by atoms with Gasteiger partial charge in [0.2, 0.25) is 0 Å². The second kappa shape index (κ2) is 6.71. The Bertz CT molecular complexity index is 498. The molecule has 0 aliphatic heterocycles. The molecule has 0 atom stereocenters. The van der Waals surface area contributed by atoms with Gasteiger partial charge in [0.05, 0.1) is 5.88 Å². The summed E-state index contributed by atoms with van der Waals surface area (Å²) in [5, 5.41) is 0. The molecule has 0 unspecified atom stereocenters. The van der Waals surface area contributed by atoms with Crippen LogP contribution in [0.2, 0.25) is 0 Å². The quantitative estimate of drug-likeness (QED) is 0.572. The normalized spacial score (nSPS) is 11.2. The van der Waals surface area contributed by atoms with E-state index < -0.39 is 0 Å². The zero-order valence-electron chi connectivity index (χ0n) is 10.6. The fraction of sp³-hybridized carbons (Fsp3) is 0.538. The highest BCUT2D eigenvalue weighted by Gasteiger charge is 2.09. The second-order valence-corrected chi connectivity index (χ2v) is 4.39. The Morgan fingerprint density at radius 3 is 3.06 bits per heavy atom. The van der Waals surface area contributed by atoms with E-state index in [2.05, 4.69) is 21.5 Å². The average molecular weight is 268 g/mol. The molecule has 2 aromatic heterocycles. The summed E-state index contributed by atoms with van der Waals surface area (Å²) in [7, 11) is 0. The predicted octanol–water partition coefficient (Wildman–Crippen LogP) is 2.99. The Balaban J connectivity index is 2.06. The molecule has 0 aromatic carbocycles. The van der Waals surface area contributed by atoms with Crippen LogP contribution in [0.15, 0.2) is 18.3 Å². The van der Waals surface area contributed by atoms with E-state index >= 15 is 0 Å². The summed E-state index contributed by atoms with van der Waals surface area (Å²) in [4.78, 5) is 8.84. The summed E-state index contributed by atoms with van der Waals surface area (Å²) >= 11 is 5.92. The molecule has 18 heavy (non-hydrogen) atoms. The Morgan fingerprint density at radius 2 is 2.28 bits per heavy atom. The molecule has 0 saturated carbocycles. The highest BCUT2D eigenvalue weighted by Crippen LogP contribution is 2.15. The minimum absolute atomic E-state index is 0.409. The van der Waals surface area contributed by atoms with Crippen LogP contribution in [0.1, 0.15) is 25.6 Å². The number of aromatic nitrogens is 3. The Morgan fingerprint density at radius 1 is 1.39 bits per heavy atom. The van der Waals surface area contributed by atoms with Crippen molar-refractivity contribution in [2.45, 2.75) is 32.2 Å². The van der Waals surface area contributed by atoms with Crippen molar-refractivity contribution in [1.29, 1.82) is 0 Å². The number of hydrogen-bond donors (Lipinski definition) is 0. The molecule has 4 nitrogen and oxygen atoms in total. The van der Waals surface area contributed by atoms with Gasteiger partial charge in [-0.3, -0.25) is 0 Å². The van der Waals surface area contributed by atoms with E-state index in [0.717, 1.165) is 49.6 Å². The summed E-state index contributed by atoms with van der Waals surface area (Å²) in [6, 6.07) is 3.85. The van der Waals surface area contributed by atoms with Gasteiger partial charge in [-0.1, -0.05) is 6.92 Å². The van der Waals surface area contributed by atoms with Crippen LogP contribution in [0, 0.1) is 0 Å². The van der Waals surface area contributed by atoms with E-state index in [1.165, 1.54) is 0 Å². The zero-order valence-corrected chi connectivity index (χ0v) is 11.4. The fourth-order valence-electron chi connectivity index (χ4n) is 1.91. The first-order valence-electron chi connectivity index (χ1n) is 6.30. The number of fused-ring (bicyclic) bond motifs is 1. The van der Waals surface area contributed by atoms with E-state index in [9.17, 15) is 0 Å². The second-order valence-electron chi connectivity index (χ2n) is 4.13. The summed E-state index contributed by atoms with van der Waals surface area (Å²) in [5.74, 6) is 1.28. The predicted molar refractivity (Wildman–Crippen MR) is 72.8 cm³/mol. The van der Waals surface area contributed by atoms with Gasteiger partial charge < -0.3 is 9.30 Å². The molecular weight excluding hydrogens is 250 g/mol. The number of halogens is 1. The summed E-state index contributed by atoms with van der Waals surface area (Å²) in [6.07, 6.45) is 3.79. The van der Waals surface area contributed by atoms with E-state index in [-0.39, 0.29) is 0 Å². The number of ether oxygens (including phenoxy) is 1. The topological polar surface area (TPSA) is 39.9 Å². The number of alkyl halides is 1. The van der Waals surface area contributed by atoms with Crippen LogP contribution in [0.3, 0.4) is 0 Å². The lowest BCUT2D eigenvalue weighted by molar-refractivity contribution is 0.129. The molecular formula is C13H18ClN3O. The van der Waals surface area contributed by atoms with Gasteiger partial charge in [0.1, 0.15) is 11.3 Å². The van der Waals surface area contributed by atoms with Crippen molar-refractivity contribution in [1.82, 2.24) is 14.5 Å². The van der Waals surface area contributed by atoms with Gasteiger partial charge in [-0.25, -0.2) is 9.97 Å². The molecule has 0 bridgehead atoms. The molecule has 2 aromatic rings. The van der Waals surface area contributed by atoms with Crippen molar-refractivity contribution in [2.75, 3.05) is 13.2 Å². The number of imidazole rings is 1. The van der Waals surface area contributed by atoms with Gasteiger partial charge in [-0.05, 0) is 25.0 Å². The molecule has 0 aliphatic carbocycles. The molecule has 0 N–H and O–H groups in total. The lowest BCUT2D eigenvalue weighted by atomic mass is 10.4. The van der Waals surface area contributed by atoms with Crippen LogP contribution in [-0.2, 0) is 17.2 Å². The summed E-state index contributed by atoms with van der Waals surface area (Å²) in [6.45, 7) is 4.55. The molecule has 0 aliphatic rings. The van der Waals surface area contributed by atoms with Gasteiger partial charge in [-0.2, -0.15) is 0 Å². The highest BCUT2D eigenvalue weighted by molar-refractivity contribution is 6.16. The highest BCUT2D eigenvalue weighted by atomic mass is 35.5. The molecule has 2 rings (SSSR count). The Kier molecular flexibility index (Phi) is 4.96. The maximum atomic E-state index is 5.92. The maximum Gasteiger partial charge on any atom is 0.160 e. The lowest BCUT2D eigenvalue weighted by Gasteiger charge is -2.07. The van der Waals surface area contributed by atoms with Crippen molar-refractivity contribution in [3.63, 3.8) is 0 Å². The zero-order chi connectivity index (χ0) is 12.8.